The number of carbonyl (C=O) groups is 1. The summed E-state index contributed by atoms with van der Waals surface area (Å²) >= 11 is 0. The quantitative estimate of drug-likeness (QED) is 0.115. The van der Waals surface area contributed by atoms with Crippen molar-refractivity contribution in [2.75, 3.05) is 32.8 Å². The molecule has 1 N–H and O–H groups in total. The van der Waals surface area contributed by atoms with E-state index in [9.17, 15) is 9.90 Å². The number of rotatable bonds is 25. The SMILES string of the molecule is CCCCCCCCCCCCCCCCCCCCCC(=O)N1CCCCC1CCO.CCN(CC)CC. The second-order valence-corrected chi connectivity index (χ2v) is 12.0. The maximum Gasteiger partial charge on any atom is 0.222 e. The van der Waals surface area contributed by atoms with E-state index in [-0.39, 0.29) is 6.61 Å². The van der Waals surface area contributed by atoms with Crippen molar-refractivity contribution >= 4 is 5.91 Å². The summed E-state index contributed by atoms with van der Waals surface area (Å²) in [5, 5.41) is 9.23. The Bertz CT molecular complexity index is 488. The first kappa shape index (κ1) is 38.4. The fourth-order valence-corrected chi connectivity index (χ4v) is 5.95. The molecule has 1 fully saturated rings. The van der Waals surface area contributed by atoms with Gasteiger partial charge in [0.1, 0.15) is 0 Å². The van der Waals surface area contributed by atoms with E-state index in [2.05, 4.69) is 37.5 Å². The molecule has 1 saturated heterocycles. The lowest BCUT2D eigenvalue weighted by atomic mass is 9.98. The van der Waals surface area contributed by atoms with Crippen LogP contribution in [-0.2, 0) is 4.79 Å². The fraction of sp³-hybridized carbons (Fsp3) is 0.971. The molecule has 0 aromatic rings. The van der Waals surface area contributed by atoms with Crippen molar-refractivity contribution in [1.29, 1.82) is 0 Å². The first-order chi connectivity index (χ1) is 19.1. The van der Waals surface area contributed by atoms with E-state index in [0.29, 0.717) is 18.4 Å². The molecule has 1 rings (SSSR count). The van der Waals surface area contributed by atoms with Gasteiger partial charge in [-0.3, -0.25) is 4.79 Å². The molecule has 234 valence electrons. The van der Waals surface area contributed by atoms with Gasteiger partial charge in [-0.15, -0.1) is 0 Å². The molecule has 0 aromatic heterocycles. The average molecular weight is 553 g/mol. The Morgan fingerprint density at radius 1 is 0.641 bits per heavy atom. The number of hydrogen-bond acceptors (Lipinski definition) is 3. The molecule has 1 aliphatic heterocycles. The van der Waals surface area contributed by atoms with Gasteiger partial charge in [-0.2, -0.15) is 0 Å². The number of carbonyl (C=O) groups excluding carboxylic acids is 1. The van der Waals surface area contributed by atoms with Crippen molar-refractivity contribution in [2.24, 2.45) is 0 Å². The van der Waals surface area contributed by atoms with Crippen molar-refractivity contribution < 1.29 is 9.90 Å². The number of amides is 1. The molecule has 0 bridgehead atoms. The van der Waals surface area contributed by atoms with E-state index >= 15 is 0 Å². The monoisotopic (exact) mass is 553 g/mol. The van der Waals surface area contributed by atoms with Gasteiger partial charge in [0.25, 0.3) is 0 Å². The first-order valence-corrected chi connectivity index (χ1v) is 17.8. The van der Waals surface area contributed by atoms with Crippen molar-refractivity contribution in [1.82, 2.24) is 9.80 Å². The minimum atomic E-state index is 0.202. The summed E-state index contributed by atoms with van der Waals surface area (Å²) in [6.07, 6.45) is 31.2. The van der Waals surface area contributed by atoms with Gasteiger partial charge < -0.3 is 14.9 Å². The van der Waals surface area contributed by atoms with Crippen LogP contribution in [0.15, 0.2) is 0 Å². The molecule has 0 saturated carbocycles. The van der Waals surface area contributed by atoms with Crippen LogP contribution in [0, 0.1) is 0 Å². The Hall–Kier alpha value is -0.610. The van der Waals surface area contributed by atoms with E-state index in [0.717, 1.165) is 32.2 Å². The Morgan fingerprint density at radius 2 is 1.05 bits per heavy atom. The van der Waals surface area contributed by atoms with E-state index in [1.54, 1.807) is 0 Å². The lowest BCUT2D eigenvalue weighted by Crippen LogP contribution is -2.44. The zero-order chi connectivity index (χ0) is 28.8. The molecule has 39 heavy (non-hydrogen) atoms. The highest BCUT2D eigenvalue weighted by Gasteiger charge is 2.25. The number of aliphatic hydroxyl groups excluding tert-OH is 1. The summed E-state index contributed by atoms with van der Waals surface area (Å²) in [5.41, 5.74) is 0. The van der Waals surface area contributed by atoms with Gasteiger partial charge in [-0.05, 0) is 51.7 Å². The van der Waals surface area contributed by atoms with E-state index in [4.69, 9.17) is 0 Å². The molecule has 0 aliphatic carbocycles. The van der Waals surface area contributed by atoms with Crippen LogP contribution < -0.4 is 0 Å². The predicted molar refractivity (Wildman–Crippen MR) is 173 cm³/mol. The first-order valence-electron chi connectivity index (χ1n) is 17.8. The molecule has 1 heterocycles. The van der Waals surface area contributed by atoms with Gasteiger partial charge in [-0.25, -0.2) is 0 Å². The zero-order valence-electron chi connectivity index (χ0n) is 27.3. The van der Waals surface area contributed by atoms with Crippen LogP contribution in [0.3, 0.4) is 0 Å². The third-order valence-electron chi connectivity index (χ3n) is 8.75. The van der Waals surface area contributed by atoms with Crippen LogP contribution in [0.5, 0.6) is 0 Å². The van der Waals surface area contributed by atoms with Crippen molar-refractivity contribution in [3.8, 4) is 0 Å². The van der Waals surface area contributed by atoms with Crippen LogP contribution in [0.1, 0.15) is 182 Å². The molecule has 0 spiro atoms. The van der Waals surface area contributed by atoms with Gasteiger partial charge in [0.2, 0.25) is 5.91 Å². The highest BCUT2D eigenvalue weighted by molar-refractivity contribution is 5.76. The molecule has 0 aromatic carbocycles. The van der Waals surface area contributed by atoms with Crippen LogP contribution in [0.2, 0.25) is 0 Å². The maximum absolute atomic E-state index is 12.5. The van der Waals surface area contributed by atoms with Crippen molar-refractivity contribution in [3.05, 3.63) is 0 Å². The molecule has 1 aliphatic rings. The average Bonchev–Trinajstić information content (AvgIpc) is 2.96. The molecular weight excluding hydrogens is 480 g/mol. The fourth-order valence-electron chi connectivity index (χ4n) is 5.95. The standard InChI is InChI=1S/C29H57NO2.C6H15N/c1-2-3-4-5-6-7-8-9-10-11-12-13-14-15-16-17-18-19-20-24-29(32)30-26-22-21-23-28(30)25-27-31;1-4-7(5-2)6-3/h28,31H,2-27H2,1H3;4-6H2,1-3H3. The molecule has 4 nitrogen and oxygen atoms in total. The Morgan fingerprint density at radius 3 is 1.41 bits per heavy atom. The summed E-state index contributed by atoms with van der Waals surface area (Å²) in [4.78, 5) is 16.9. The summed E-state index contributed by atoms with van der Waals surface area (Å²) in [6.45, 7) is 13.5. The Kier molecular flexibility index (Phi) is 29.9. The topological polar surface area (TPSA) is 43.8 Å². The Balaban J connectivity index is 0.00000181. The minimum Gasteiger partial charge on any atom is -0.396 e. The number of aliphatic hydroxyl groups is 1. The maximum atomic E-state index is 12.5. The van der Waals surface area contributed by atoms with Gasteiger partial charge in [0, 0.05) is 25.6 Å². The lowest BCUT2D eigenvalue weighted by Gasteiger charge is -2.35. The van der Waals surface area contributed by atoms with Gasteiger partial charge in [0.05, 0.1) is 0 Å². The summed E-state index contributed by atoms with van der Waals surface area (Å²) in [7, 11) is 0. The molecular formula is C35H72N2O2. The lowest BCUT2D eigenvalue weighted by molar-refractivity contribution is -0.135. The van der Waals surface area contributed by atoms with Crippen LogP contribution >= 0.6 is 0 Å². The number of hydrogen-bond donors (Lipinski definition) is 1. The third-order valence-corrected chi connectivity index (χ3v) is 8.75. The third kappa shape index (κ3) is 23.8. The van der Waals surface area contributed by atoms with Crippen molar-refractivity contribution in [3.63, 3.8) is 0 Å². The molecule has 0 radical (unpaired) electrons. The summed E-state index contributed by atoms with van der Waals surface area (Å²) in [5.74, 6) is 0.329. The van der Waals surface area contributed by atoms with Crippen LogP contribution in [-0.4, -0.2) is 59.6 Å². The van der Waals surface area contributed by atoms with E-state index in [1.165, 1.54) is 142 Å². The summed E-state index contributed by atoms with van der Waals surface area (Å²) in [6, 6.07) is 0.293. The van der Waals surface area contributed by atoms with Gasteiger partial charge in [-0.1, -0.05) is 143 Å². The smallest absolute Gasteiger partial charge is 0.222 e. The number of nitrogens with zero attached hydrogens (tertiary/aromatic N) is 2. The second kappa shape index (κ2) is 30.4. The van der Waals surface area contributed by atoms with E-state index in [1.807, 2.05) is 0 Å². The minimum absolute atomic E-state index is 0.202. The van der Waals surface area contributed by atoms with Crippen LogP contribution in [0.25, 0.3) is 0 Å². The normalized spacial score (nSPS) is 15.4. The molecule has 1 atom stereocenters. The predicted octanol–water partition coefficient (Wildman–Crippen LogP) is 9.92. The van der Waals surface area contributed by atoms with Crippen molar-refractivity contribution in [2.45, 2.75) is 188 Å². The highest BCUT2D eigenvalue weighted by atomic mass is 16.3. The zero-order valence-corrected chi connectivity index (χ0v) is 27.3. The summed E-state index contributed by atoms with van der Waals surface area (Å²) < 4.78 is 0. The van der Waals surface area contributed by atoms with Crippen LogP contribution in [0.4, 0.5) is 0 Å². The molecule has 1 unspecified atom stereocenters. The Labute approximate surface area is 246 Å². The van der Waals surface area contributed by atoms with E-state index < -0.39 is 0 Å². The van der Waals surface area contributed by atoms with Gasteiger partial charge in [0.15, 0.2) is 0 Å². The number of unbranched alkanes of at least 4 members (excludes halogenated alkanes) is 18. The molecule has 1 amide bonds. The highest BCUT2D eigenvalue weighted by Crippen LogP contribution is 2.21. The molecule has 4 heteroatoms. The number of piperidine rings is 1. The number of likely N-dealkylation sites (tertiary alicyclic amines) is 1. The largest absolute Gasteiger partial charge is 0.396 e. The van der Waals surface area contributed by atoms with Gasteiger partial charge >= 0.3 is 0 Å². The second-order valence-electron chi connectivity index (χ2n) is 12.0.